The van der Waals surface area contributed by atoms with Crippen molar-refractivity contribution < 1.29 is 28.9 Å². The Morgan fingerprint density at radius 3 is 2.45 bits per heavy atom. The van der Waals surface area contributed by atoms with Gasteiger partial charge in [0.2, 0.25) is 0 Å². The van der Waals surface area contributed by atoms with Gasteiger partial charge in [0.1, 0.15) is 35.5 Å². The number of aromatic nitrogens is 2. The number of benzene rings is 1. The van der Waals surface area contributed by atoms with Gasteiger partial charge in [-0.05, 0) is 85.9 Å². The molecular weight excluding hydrogens is 621 g/mol. The third-order valence-electron chi connectivity index (χ3n) is 5.32. The fourth-order valence-electron chi connectivity index (χ4n) is 3.50. The Kier molecular flexibility index (Phi) is 9.93. The van der Waals surface area contributed by atoms with Gasteiger partial charge in [-0.15, -0.1) is 0 Å². The molecule has 1 atom stereocenters. The number of amides is 1. The molecule has 0 unspecified atom stereocenters. The summed E-state index contributed by atoms with van der Waals surface area (Å²) in [6.07, 6.45) is 9.86. The number of pyridine rings is 1. The minimum absolute atomic E-state index is 0.103. The quantitative estimate of drug-likeness (QED) is 0.203. The first-order valence-corrected chi connectivity index (χ1v) is 16.2. The number of nitrogens with zero attached hydrogens (tertiary/aromatic N) is 2. The maximum absolute atomic E-state index is 12.0. The van der Waals surface area contributed by atoms with E-state index in [4.69, 9.17) is 14.2 Å². The molecule has 208 valence electrons. The molecule has 1 amide bonds. The Labute approximate surface area is 238 Å². The summed E-state index contributed by atoms with van der Waals surface area (Å²) in [5.74, 6) is 1.17. The summed E-state index contributed by atoms with van der Waals surface area (Å²) in [6.45, 7) is 6.28. The van der Waals surface area contributed by atoms with Crippen molar-refractivity contribution in [3.05, 3.63) is 51.9 Å². The number of alkyl carbamates (subject to hydrolysis) is 1. The zero-order valence-corrected chi connectivity index (χ0v) is 25.6. The number of carbonyl (C=O) groups is 2. The van der Waals surface area contributed by atoms with Gasteiger partial charge in [0, 0.05) is 28.1 Å². The van der Waals surface area contributed by atoms with Crippen molar-refractivity contribution in [1.82, 2.24) is 14.9 Å². The summed E-state index contributed by atoms with van der Waals surface area (Å²) in [6, 6.07) is 7.80. The second kappa shape index (κ2) is 12.6. The van der Waals surface area contributed by atoms with E-state index in [9.17, 15) is 14.7 Å². The lowest BCUT2D eigenvalue weighted by atomic mass is 10.1. The fourth-order valence-corrected chi connectivity index (χ4v) is 4.96. The molecule has 2 heterocycles. The van der Waals surface area contributed by atoms with Crippen LogP contribution in [-0.2, 0) is 27.4 Å². The van der Waals surface area contributed by atoms with Crippen molar-refractivity contribution in [2.24, 2.45) is 0 Å². The van der Waals surface area contributed by atoms with Crippen molar-refractivity contribution in [2.45, 2.75) is 45.6 Å². The van der Waals surface area contributed by atoms with Crippen LogP contribution in [0.2, 0.25) is 0 Å². The Morgan fingerprint density at radius 2 is 1.84 bits per heavy atom. The van der Waals surface area contributed by atoms with Gasteiger partial charge in [-0.3, -0.25) is 0 Å². The van der Waals surface area contributed by atoms with E-state index in [1.54, 1.807) is 51.2 Å². The molecule has 0 saturated carbocycles. The lowest BCUT2D eigenvalue weighted by Crippen LogP contribution is -2.44. The summed E-state index contributed by atoms with van der Waals surface area (Å²) in [5, 5.41) is 12.9. The summed E-state index contributed by atoms with van der Waals surface area (Å²) < 4.78 is 20.3. The Hall–Kier alpha value is -2.51. The van der Waals surface area contributed by atoms with Gasteiger partial charge in [-0.25, -0.2) is 24.6 Å². The second-order valence-corrected chi connectivity index (χ2v) is 16.5. The molecule has 0 saturated heterocycles. The Morgan fingerprint density at radius 1 is 1.16 bits per heavy atom. The zero-order chi connectivity index (χ0) is 28.1. The normalized spacial score (nSPS) is 13.2. The van der Waals surface area contributed by atoms with Gasteiger partial charge >= 0.3 is 12.1 Å². The van der Waals surface area contributed by atoms with Gasteiger partial charge in [0.25, 0.3) is 0 Å². The number of aliphatic carboxylic acids is 1. The SMILES string of the molecule is CC(C)(C)OC(=O)N[C@@H](Cc1ccc(Oc2ccnc3c2c(I)cn3COCCS(C)(C)C)cc1)C(=O)O. The number of carboxylic acid groups (broad SMARTS) is 1. The monoisotopic (exact) mass is 657 g/mol. The smallest absolute Gasteiger partial charge is 0.408 e. The average molecular weight is 658 g/mol. The molecule has 11 heteroatoms. The predicted molar refractivity (Wildman–Crippen MR) is 160 cm³/mol. The highest BCUT2D eigenvalue weighted by Crippen LogP contribution is 2.35. The molecule has 2 N–H and O–H groups in total. The standard InChI is InChI=1S/C27H36IN3O6S/c1-27(2,3)37-26(34)30-21(25(32)33)15-18-7-9-19(10-8-18)36-22-11-12-29-24-23(22)20(28)16-31(24)17-35-13-14-38(4,5)6/h7-12,16,21H,13-15,17H2,1-6H3,(H,30,34)(H,32,33)/t21-/m0/s1. The highest BCUT2D eigenvalue weighted by molar-refractivity contribution is 14.1. The maximum atomic E-state index is 12.0. The number of nitrogens with one attached hydrogen (secondary N) is 1. The van der Waals surface area contributed by atoms with E-state index in [-0.39, 0.29) is 6.42 Å². The summed E-state index contributed by atoms with van der Waals surface area (Å²) in [7, 11) is -0.608. The first-order valence-electron chi connectivity index (χ1n) is 12.1. The number of halogens is 1. The molecule has 0 fully saturated rings. The molecule has 0 aliphatic carbocycles. The molecule has 1 aromatic carbocycles. The van der Waals surface area contributed by atoms with E-state index < -0.39 is 33.7 Å². The second-order valence-electron chi connectivity index (χ2n) is 10.8. The van der Waals surface area contributed by atoms with E-state index in [0.717, 1.165) is 25.9 Å². The minimum Gasteiger partial charge on any atom is -0.480 e. The zero-order valence-electron chi connectivity index (χ0n) is 22.6. The van der Waals surface area contributed by atoms with Crippen LogP contribution in [0, 0.1) is 3.57 Å². The van der Waals surface area contributed by atoms with Crippen LogP contribution in [0.5, 0.6) is 11.5 Å². The summed E-state index contributed by atoms with van der Waals surface area (Å²) >= 11 is 2.27. The van der Waals surface area contributed by atoms with Crippen LogP contribution in [-0.4, -0.2) is 69.5 Å². The molecule has 0 radical (unpaired) electrons. The number of hydrogen-bond acceptors (Lipinski definition) is 6. The molecular formula is C27H36IN3O6S. The van der Waals surface area contributed by atoms with Crippen LogP contribution in [0.15, 0.2) is 42.7 Å². The Bertz CT molecular complexity index is 1260. The summed E-state index contributed by atoms with van der Waals surface area (Å²) in [4.78, 5) is 28.3. The van der Waals surface area contributed by atoms with Crippen LogP contribution in [0.4, 0.5) is 4.79 Å². The van der Waals surface area contributed by atoms with Crippen LogP contribution in [0.3, 0.4) is 0 Å². The van der Waals surface area contributed by atoms with E-state index >= 15 is 0 Å². The number of ether oxygens (including phenoxy) is 3. The highest BCUT2D eigenvalue weighted by Gasteiger charge is 2.24. The van der Waals surface area contributed by atoms with Gasteiger partial charge in [0.05, 0.1) is 12.0 Å². The van der Waals surface area contributed by atoms with Crippen LogP contribution in [0.25, 0.3) is 11.0 Å². The van der Waals surface area contributed by atoms with Gasteiger partial charge < -0.3 is 29.2 Å². The lowest BCUT2D eigenvalue weighted by molar-refractivity contribution is -0.139. The van der Waals surface area contributed by atoms with Crippen LogP contribution >= 0.6 is 32.6 Å². The first kappa shape index (κ1) is 30.0. The van der Waals surface area contributed by atoms with Crippen molar-refractivity contribution in [3.63, 3.8) is 0 Å². The number of carbonyl (C=O) groups excluding carboxylic acids is 1. The molecule has 2 aromatic heterocycles. The van der Waals surface area contributed by atoms with Crippen molar-refractivity contribution in [2.75, 3.05) is 31.1 Å². The molecule has 0 spiro atoms. The first-order chi connectivity index (χ1) is 17.7. The fraction of sp³-hybridized carbons (Fsp3) is 0.444. The number of fused-ring (bicyclic) bond motifs is 1. The molecule has 0 aliphatic heterocycles. The van der Waals surface area contributed by atoms with E-state index in [1.165, 1.54) is 0 Å². The molecule has 3 rings (SSSR count). The summed E-state index contributed by atoms with van der Waals surface area (Å²) in [5.41, 5.74) is 0.795. The molecule has 0 bridgehead atoms. The number of rotatable bonds is 11. The van der Waals surface area contributed by atoms with Crippen molar-refractivity contribution in [3.8, 4) is 11.5 Å². The van der Waals surface area contributed by atoms with E-state index in [1.807, 2.05) is 16.8 Å². The van der Waals surface area contributed by atoms with Crippen LogP contribution < -0.4 is 10.1 Å². The van der Waals surface area contributed by atoms with Crippen molar-refractivity contribution in [1.29, 1.82) is 0 Å². The number of hydrogen-bond donors (Lipinski definition) is 2. The van der Waals surface area contributed by atoms with Crippen LogP contribution in [0.1, 0.15) is 26.3 Å². The lowest BCUT2D eigenvalue weighted by Gasteiger charge is -2.24. The third kappa shape index (κ3) is 9.05. The molecule has 9 nitrogen and oxygen atoms in total. The van der Waals surface area contributed by atoms with E-state index in [0.29, 0.717) is 24.8 Å². The maximum Gasteiger partial charge on any atom is 0.408 e. The van der Waals surface area contributed by atoms with E-state index in [2.05, 4.69) is 51.7 Å². The molecule has 3 aromatic rings. The molecule has 38 heavy (non-hydrogen) atoms. The average Bonchev–Trinajstić information content (AvgIpc) is 3.12. The van der Waals surface area contributed by atoms with Gasteiger partial charge in [-0.2, -0.15) is 0 Å². The topological polar surface area (TPSA) is 112 Å². The highest BCUT2D eigenvalue weighted by atomic mass is 127. The van der Waals surface area contributed by atoms with Gasteiger partial charge in [-0.1, -0.05) is 12.1 Å². The largest absolute Gasteiger partial charge is 0.480 e. The van der Waals surface area contributed by atoms with Gasteiger partial charge in [0.15, 0.2) is 0 Å². The third-order valence-corrected chi connectivity index (χ3v) is 7.53. The number of carboxylic acids is 1. The minimum atomic E-state index is -1.14. The predicted octanol–water partition coefficient (Wildman–Crippen LogP) is 5.62. The Balaban J connectivity index is 1.68. The van der Waals surface area contributed by atoms with Crippen molar-refractivity contribution >= 4 is 55.7 Å². The molecule has 0 aliphatic rings.